The minimum absolute atomic E-state index is 0.0713. The van der Waals surface area contributed by atoms with E-state index in [4.69, 9.17) is 9.47 Å². The molecule has 1 aliphatic heterocycles. The lowest BCUT2D eigenvalue weighted by atomic mass is 9.90. The number of carbonyl (C=O) groups is 1. The van der Waals surface area contributed by atoms with Gasteiger partial charge in [0.25, 0.3) is 0 Å². The molecule has 1 heterocycles. The molecule has 4 aromatic rings. The molecule has 0 aliphatic carbocycles. The number of benzene rings is 4. The highest BCUT2D eigenvalue weighted by Crippen LogP contribution is 2.31. The van der Waals surface area contributed by atoms with Gasteiger partial charge in [-0.25, -0.2) is 0 Å². The summed E-state index contributed by atoms with van der Waals surface area (Å²) in [6.07, 6.45) is 1.86. The number of methoxy groups -OCH3 is 1. The third kappa shape index (κ3) is 6.42. The van der Waals surface area contributed by atoms with Gasteiger partial charge in [-0.2, -0.15) is 0 Å². The number of likely N-dealkylation sites (tertiary alicyclic amines) is 1. The minimum Gasteiger partial charge on any atom is -0.493 e. The topological polar surface area (TPSA) is 50.8 Å². The monoisotopic (exact) mass is 506 g/mol. The van der Waals surface area contributed by atoms with Gasteiger partial charge in [-0.1, -0.05) is 84.9 Å². The van der Waals surface area contributed by atoms with Gasteiger partial charge in [0.05, 0.1) is 13.0 Å². The first-order valence-electron chi connectivity index (χ1n) is 13.2. The summed E-state index contributed by atoms with van der Waals surface area (Å²) in [5, 5.41) is 3.35. The van der Waals surface area contributed by atoms with E-state index in [0.717, 1.165) is 49.4 Å². The fraction of sp³-hybridized carbons (Fsp3) is 0.242. The summed E-state index contributed by atoms with van der Waals surface area (Å²) in [6, 6.07) is 36.1. The fourth-order valence-corrected chi connectivity index (χ4v) is 5.10. The van der Waals surface area contributed by atoms with Crippen molar-refractivity contribution in [3.05, 3.63) is 126 Å². The Kier molecular flexibility index (Phi) is 8.36. The number of nitrogens with one attached hydrogen (secondary N) is 1. The maximum Gasteiger partial charge on any atom is 0.232 e. The number of amides is 1. The van der Waals surface area contributed by atoms with Gasteiger partial charge in [-0.15, -0.1) is 0 Å². The van der Waals surface area contributed by atoms with Gasteiger partial charge in [-0.05, 0) is 53.8 Å². The normalized spacial score (nSPS) is 14.3. The van der Waals surface area contributed by atoms with E-state index in [9.17, 15) is 4.79 Å². The molecular formula is C33H34N2O3. The molecule has 1 N–H and O–H groups in total. The number of ether oxygens (including phenoxy) is 2. The quantitative estimate of drug-likeness (QED) is 0.285. The molecule has 0 bridgehead atoms. The Morgan fingerprint density at radius 1 is 0.816 bits per heavy atom. The number of rotatable bonds is 9. The number of carbonyl (C=O) groups excluding carboxylic acids is 1. The molecule has 0 radical (unpaired) electrons. The largest absolute Gasteiger partial charge is 0.493 e. The summed E-state index contributed by atoms with van der Waals surface area (Å²) in [7, 11) is 1.65. The lowest BCUT2D eigenvalue weighted by Gasteiger charge is -2.33. The van der Waals surface area contributed by atoms with E-state index >= 15 is 0 Å². The number of hydrogen-bond acceptors (Lipinski definition) is 4. The van der Waals surface area contributed by atoms with Crippen LogP contribution in [0.5, 0.6) is 17.2 Å². The van der Waals surface area contributed by atoms with Crippen LogP contribution in [0.15, 0.2) is 109 Å². The number of piperidine rings is 1. The third-order valence-electron chi connectivity index (χ3n) is 7.06. The first-order valence-corrected chi connectivity index (χ1v) is 13.2. The molecule has 1 fully saturated rings. The van der Waals surface area contributed by atoms with Crippen LogP contribution in [0.25, 0.3) is 0 Å². The van der Waals surface area contributed by atoms with Crippen LogP contribution >= 0.6 is 0 Å². The van der Waals surface area contributed by atoms with Crippen LogP contribution in [0, 0.1) is 0 Å². The molecule has 38 heavy (non-hydrogen) atoms. The van der Waals surface area contributed by atoms with Crippen LogP contribution in [0.2, 0.25) is 0 Å². The maximum atomic E-state index is 13.5. The van der Waals surface area contributed by atoms with E-state index in [1.165, 1.54) is 5.56 Å². The molecule has 4 aromatic carbocycles. The van der Waals surface area contributed by atoms with E-state index in [2.05, 4.69) is 22.3 Å². The van der Waals surface area contributed by atoms with E-state index in [1.54, 1.807) is 7.11 Å². The van der Waals surface area contributed by atoms with Crippen LogP contribution in [0.4, 0.5) is 0 Å². The second-order valence-corrected chi connectivity index (χ2v) is 9.71. The second-order valence-electron chi connectivity index (χ2n) is 9.71. The lowest BCUT2D eigenvalue weighted by Crippen LogP contribution is -2.45. The summed E-state index contributed by atoms with van der Waals surface area (Å²) in [5.74, 6) is 1.97. The lowest BCUT2D eigenvalue weighted by molar-refractivity contribution is -0.122. The first kappa shape index (κ1) is 25.6. The number of hydrogen-bond donors (Lipinski definition) is 1. The van der Waals surface area contributed by atoms with Crippen LogP contribution in [0.3, 0.4) is 0 Å². The molecule has 1 aliphatic rings. The molecule has 5 nitrogen and oxygen atoms in total. The Hall–Kier alpha value is -4.09. The predicted octanol–water partition coefficient (Wildman–Crippen LogP) is 6.40. The summed E-state index contributed by atoms with van der Waals surface area (Å²) >= 11 is 0. The molecule has 0 unspecified atom stereocenters. The van der Waals surface area contributed by atoms with Crippen LogP contribution in [-0.2, 0) is 11.3 Å². The minimum atomic E-state index is -0.304. The van der Waals surface area contributed by atoms with E-state index in [1.807, 2.05) is 97.1 Å². The molecule has 1 saturated heterocycles. The van der Waals surface area contributed by atoms with E-state index in [0.29, 0.717) is 11.5 Å². The zero-order valence-electron chi connectivity index (χ0n) is 21.8. The Bertz CT molecular complexity index is 1280. The highest BCUT2D eigenvalue weighted by Gasteiger charge is 2.27. The van der Waals surface area contributed by atoms with Crippen molar-refractivity contribution < 1.29 is 14.3 Å². The van der Waals surface area contributed by atoms with Crippen LogP contribution < -0.4 is 14.8 Å². The zero-order chi connectivity index (χ0) is 26.2. The van der Waals surface area contributed by atoms with Gasteiger partial charge < -0.3 is 14.8 Å². The molecule has 0 saturated carbocycles. The third-order valence-corrected chi connectivity index (χ3v) is 7.06. The molecule has 0 aromatic heterocycles. The standard InChI is InChI=1S/C33H34N2O3/c1-37-30-17-8-9-18-31(30)38-29-16-10-11-25(23-29)24-35-21-19-28(20-22-35)34-33(36)32(26-12-4-2-5-13-26)27-14-6-3-7-15-27/h2-18,23,28,32H,19-22,24H2,1H3,(H,34,36). The van der Waals surface area contributed by atoms with Crippen molar-refractivity contribution >= 4 is 5.91 Å². The van der Waals surface area contributed by atoms with E-state index < -0.39 is 0 Å². The average Bonchev–Trinajstić information content (AvgIpc) is 2.96. The van der Waals surface area contributed by atoms with Gasteiger partial charge in [-0.3, -0.25) is 9.69 Å². The Labute approximate surface area is 225 Å². The van der Waals surface area contributed by atoms with Gasteiger partial charge in [0, 0.05) is 25.7 Å². The van der Waals surface area contributed by atoms with Gasteiger partial charge in [0.2, 0.25) is 5.91 Å². The molecular weight excluding hydrogens is 472 g/mol. The molecule has 0 spiro atoms. The van der Waals surface area contributed by atoms with Crippen molar-refractivity contribution in [2.24, 2.45) is 0 Å². The summed E-state index contributed by atoms with van der Waals surface area (Å²) in [5.41, 5.74) is 3.24. The van der Waals surface area contributed by atoms with Crippen LogP contribution in [-0.4, -0.2) is 37.0 Å². The van der Waals surface area contributed by atoms with Gasteiger partial charge >= 0.3 is 0 Å². The molecule has 5 rings (SSSR count). The highest BCUT2D eigenvalue weighted by atomic mass is 16.5. The maximum absolute atomic E-state index is 13.5. The van der Waals surface area contributed by atoms with Crippen LogP contribution in [0.1, 0.15) is 35.4 Å². The molecule has 5 heteroatoms. The first-order chi connectivity index (χ1) is 18.7. The van der Waals surface area contributed by atoms with E-state index in [-0.39, 0.29) is 17.9 Å². The zero-order valence-corrected chi connectivity index (χ0v) is 21.8. The molecule has 0 atom stereocenters. The van der Waals surface area contributed by atoms with Crippen molar-refractivity contribution in [1.82, 2.24) is 10.2 Å². The number of para-hydroxylation sites is 2. The molecule has 1 amide bonds. The summed E-state index contributed by atoms with van der Waals surface area (Å²) in [6.45, 7) is 2.72. The van der Waals surface area contributed by atoms with Crippen molar-refractivity contribution in [3.63, 3.8) is 0 Å². The summed E-state index contributed by atoms with van der Waals surface area (Å²) in [4.78, 5) is 15.9. The Morgan fingerprint density at radius 2 is 1.42 bits per heavy atom. The second kappa shape index (κ2) is 12.4. The average molecular weight is 507 g/mol. The summed E-state index contributed by atoms with van der Waals surface area (Å²) < 4.78 is 11.5. The predicted molar refractivity (Wildman–Crippen MR) is 151 cm³/mol. The molecule has 194 valence electrons. The number of nitrogens with zero attached hydrogens (tertiary/aromatic N) is 1. The SMILES string of the molecule is COc1ccccc1Oc1cccc(CN2CCC(NC(=O)C(c3ccccc3)c3ccccc3)CC2)c1. The fourth-order valence-electron chi connectivity index (χ4n) is 5.10. The Balaban J connectivity index is 1.17. The van der Waals surface area contributed by atoms with Gasteiger partial charge in [0.15, 0.2) is 11.5 Å². The highest BCUT2D eigenvalue weighted by molar-refractivity contribution is 5.87. The van der Waals surface area contributed by atoms with Crippen molar-refractivity contribution in [3.8, 4) is 17.2 Å². The van der Waals surface area contributed by atoms with Crippen molar-refractivity contribution in [2.45, 2.75) is 31.3 Å². The van der Waals surface area contributed by atoms with Crippen molar-refractivity contribution in [1.29, 1.82) is 0 Å². The van der Waals surface area contributed by atoms with Gasteiger partial charge in [0.1, 0.15) is 5.75 Å². The Morgan fingerprint density at radius 3 is 2.05 bits per heavy atom. The van der Waals surface area contributed by atoms with Crippen molar-refractivity contribution in [2.75, 3.05) is 20.2 Å². The smallest absolute Gasteiger partial charge is 0.232 e.